The number of fused-ring (bicyclic) bond motifs is 5. The van der Waals surface area contributed by atoms with Crippen molar-refractivity contribution in [2.24, 2.45) is 46.3 Å². The summed E-state index contributed by atoms with van der Waals surface area (Å²) in [5, 5.41) is 38.5. The molecule has 5 rings (SSSR count). The summed E-state index contributed by atoms with van der Waals surface area (Å²) in [5.74, 6) is -0.780. The highest BCUT2D eigenvalue weighted by molar-refractivity contribution is 6.03. The van der Waals surface area contributed by atoms with Crippen molar-refractivity contribution in [3.63, 3.8) is 0 Å². The third-order valence-corrected chi connectivity index (χ3v) is 15.2. The number of aliphatic hydroxyl groups is 2. The number of carbonyl (C=O) groups excluding carboxylic acids is 4. The lowest BCUT2D eigenvalue weighted by Crippen LogP contribution is -2.59. The summed E-state index contributed by atoms with van der Waals surface area (Å²) in [7, 11) is 1.38. The van der Waals surface area contributed by atoms with E-state index in [2.05, 4.69) is 38.3 Å². The van der Waals surface area contributed by atoms with Crippen LogP contribution in [0.1, 0.15) is 142 Å². The number of methoxy groups -OCH3 is 1. The van der Waals surface area contributed by atoms with Gasteiger partial charge in [0.2, 0.25) is 11.8 Å². The maximum Gasteiger partial charge on any atom is 0.309 e. The zero-order valence-corrected chi connectivity index (χ0v) is 37.3. The van der Waals surface area contributed by atoms with E-state index in [9.17, 15) is 34.5 Å². The topological polar surface area (TPSA) is 190 Å². The molecule has 0 heterocycles. The number of nitrogens with one attached hydrogen (secondary N) is 2. The molecule has 0 aliphatic heterocycles. The summed E-state index contributed by atoms with van der Waals surface area (Å²) >= 11 is 0. The van der Waals surface area contributed by atoms with Crippen LogP contribution in [0.3, 0.4) is 0 Å². The van der Waals surface area contributed by atoms with Gasteiger partial charge >= 0.3 is 5.97 Å². The van der Waals surface area contributed by atoms with Gasteiger partial charge in [0.05, 0.1) is 50.2 Å². The van der Waals surface area contributed by atoms with Gasteiger partial charge < -0.3 is 44.9 Å². The number of carbonyl (C=O) groups is 4. The predicted molar refractivity (Wildman–Crippen MR) is 228 cm³/mol. The van der Waals surface area contributed by atoms with Crippen molar-refractivity contribution in [3.8, 4) is 11.5 Å². The van der Waals surface area contributed by atoms with Crippen LogP contribution >= 0.6 is 0 Å². The molecule has 4 aliphatic rings. The van der Waals surface area contributed by atoms with Crippen LogP contribution in [-0.2, 0) is 28.6 Å². The molecule has 2 amide bonds. The standard InChI is InChI=1S/C47H74N2O11/c1-8-9-10-11-18-47(6,56)39-15-12-33-32-27-38(35-26-31(51)16-19-45(35,4)34(32)17-20-46(33,39)5)60-44(55)29(2)25-40(52)48-21-22-58-23-24-59-28-41(53)49-36-13-14-37(57-7)42(30(3)50)43(36)54/h13-14,29,31-35,38-39,51,54,56H,8-12,15-28H2,1-7H3,(H,48,52)(H,49,53)/t29-,31-,32-,33-,34-,35+,38-,39-,45+,46-,47-/m0/s1. The largest absolute Gasteiger partial charge is 0.505 e. The van der Waals surface area contributed by atoms with E-state index in [1.54, 1.807) is 6.92 Å². The number of phenolic OH excluding ortho intramolecular Hbond substituents is 1. The number of Topliss-reactive ketones (excluding diaryl/α,β-unsaturated/α-hetero) is 1. The van der Waals surface area contributed by atoms with Gasteiger partial charge in [-0.05, 0) is 118 Å². The van der Waals surface area contributed by atoms with E-state index in [1.807, 2.05) is 0 Å². The molecule has 338 valence electrons. The minimum absolute atomic E-state index is 0.0201. The van der Waals surface area contributed by atoms with Crippen molar-refractivity contribution in [1.29, 1.82) is 0 Å². The van der Waals surface area contributed by atoms with Gasteiger partial charge in [-0.2, -0.15) is 0 Å². The molecule has 0 spiro atoms. The Morgan fingerprint density at radius 3 is 2.35 bits per heavy atom. The molecule has 1 aromatic rings. The van der Waals surface area contributed by atoms with Crippen molar-refractivity contribution in [2.75, 3.05) is 45.4 Å². The van der Waals surface area contributed by atoms with Gasteiger partial charge in [0.15, 0.2) is 11.5 Å². The van der Waals surface area contributed by atoms with Crippen LogP contribution in [0.5, 0.6) is 11.5 Å². The molecule has 13 heteroatoms. The van der Waals surface area contributed by atoms with E-state index >= 15 is 0 Å². The summed E-state index contributed by atoms with van der Waals surface area (Å²) < 4.78 is 22.4. The number of ether oxygens (including phenoxy) is 4. The van der Waals surface area contributed by atoms with Crippen LogP contribution in [0.15, 0.2) is 12.1 Å². The average Bonchev–Trinajstić information content (AvgIpc) is 3.57. The monoisotopic (exact) mass is 843 g/mol. The van der Waals surface area contributed by atoms with E-state index in [0.29, 0.717) is 24.2 Å². The van der Waals surface area contributed by atoms with Crippen LogP contribution in [-0.4, -0.2) is 96.8 Å². The van der Waals surface area contributed by atoms with Crippen molar-refractivity contribution >= 4 is 29.3 Å². The second kappa shape index (κ2) is 20.7. The number of phenols is 1. The predicted octanol–water partition coefficient (Wildman–Crippen LogP) is 6.98. The molecule has 0 saturated heterocycles. The highest BCUT2D eigenvalue weighted by Crippen LogP contribution is 2.69. The number of ketones is 1. The summed E-state index contributed by atoms with van der Waals surface area (Å²) in [6, 6.07) is 2.91. The number of aliphatic hydroxyl groups excluding tert-OH is 1. The van der Waals surface area contributed by atoms with Gasteiger partial charge in [-0.15, -0.1) is 0 Å². The fraction of sp³-hybridized carbons (Fsp3) is 0.787. The quantitative estimate of drug-likeness (QED) is 0.0372. The number of unbranched alkanes of at least 4 members (excludes halogenated alkanes) is 3. The first kappa shape index (κ1) is 47.8. The Morgan fingerprint density at radius 1 is 0.917 bits per heavy atom. The lowest BCUT2D eigenvalue weighted by atomic mass is 9.43. The molecule has 5 N–H and O–H groups in total. The van der Waals surface area contributed by atoms with Crippen LogP contribution in [0, 0.1) is 46.3 Å². The van der Waals surface area contributed by atoms with Crippen LogP contribution in [0.4, 0.5) is 5.69 Å². The number of benzene rings is 1. The minimum Gasteiger partial charge on any atom is -0.505 e. The Morgan fingerprint density at radius 2 is 1.63 bits per heavy atom. The first-order valence-electron chi connectivity index (χ1n) is 22.7. The Hall–Kier alpha value is -3.26. The zero-order chi connectivity index (χ0) is 43.8. The van der Waals surface area contributed by atoms with Crippen LogP contribution in [0.25, 0.3) is 0 Å². The van der Waals surface area contributed by atoms with Gasteiger partial charge in [-0.3, -0.25) is 19.2 Å². The molecule has 1 aromatic carbocycles. The van der Waals surface area contributed by atoms with Crippen molar-refractivity contribution in [1.82, 2.24) is 5.32 Å². The molecule has 4 saturated carbocycles. The van der Waals surface area contributed by atoms with Crippen LogP contribution in [0.2, 0.25) is 0 Å². The molecule has 13 nitrogen and oxygen atoms in total. The molecule has 0 radical (unpaired) electrons. The molecule has 0 unspecified atom stereocenters. The number of rotatable bonds is 21. The highest BCUT2D eigenvalue weighted by atomic mass is 16.5. The Kier molecular flexibility index (Phi) is 16.5. The number of amides is 2. The fourth-order valence-corrected chi connectivity index (χ4v) is 12.2. The van der Waals surface area contributed by atoms with E-state index in [-0.39, 0.29) is 103 Å². The van der Waals surface area contributed by atoms with E-state index in [1.165, 1.54) is 39.0 Å². The Balaban J connectivity index is 1.06. The van der Waals surface area contributed by atoms with Crippen molar-refractivity contribution in [2.45, 2.75) is 149 Å². The fourth-order valence-electron chi connectivity index (χ4n) is 12.2. The second-order valence-corrected chi connectivity index (χ2v) is 19.2. The normalized spacial score (nSPS) is 31.1. The molecule has 4 fully saturated rings. The first-order chi connectivity index (χ1) is 28.5. The van der Waals surface area contributed by atoms with Crippen LogP contribution < -0.4 is 15.4 Å². The van der Waals surface area contributed by atoms with Gasteiger partial charge in [0.25, 0.3) is 0 Å². The molecule has 60 heavy (non-hydrogen) atoms. The Labute approximate surface area is 357 Å². The number of hydrogen-bond donors (Lipinski definition) is 5. The number of hydrogen-bond acceptors (Lipinski definition) is 11. The second-order valence-electron chi connectivity index (χ2n) is 19.2. The lowest BCUT2D eigenvalue weighted by molar-refractivity contribution is -0.199. The molecule has 0 aromatic heterocycles. The third-order valence-electron chi connectivity index (χ3n) is 15.2. The number of esters is 1. The molecule has 11 atom stereocenters. The summed E-state index contributed by atoms with van der Waals surface area (Å²) in [6.45, 7) is 12.5. The summed E-state index contributed by atoms with van der Waals surface area (Å²) in [4.78, 5) is 50.8. The molecule has 0 bridgehead atoms. The molecule has 4 aliphatic carbocycles. The van der Waals surface area contributed by atoms with Gasteiger partial charge in [-0.25, -0.2) is 0 Å². The lowest BCUT2D eigenvalue weighted by Gasteiger charge is -2.63. The summed E-state index contributed by atoms with van der Waals surface area (Å²) in [5.41, 5.74) is -0.669. The van der Waals surface area contributed by atoms with Gasteiger partial charge in [0, 0.05) is 18.9 Å². The van der Waals surface area contributed by atoms with E-state index < -0.39 is 29.3 Å². The highest BCUT2D eigenvalue weighted by Gasteiger charge is 2.64. The van der Waals surface area contributed by atoms with E-state index in [0.717, 1.165) is 64.2 Å². The van der Waals surface area contributed by atoms with Gasteiger partial charge in [-0.1, -0.05) is 53.4 Å². The smallest absolute Gasteiger partial charge is 0.309 e. The molecular formula is C47H74N2O11. The maximum absolute atomic E-state index is 13.7. The summed E-state index contributed by atoms with van der Waals surface area (Å²) in [6.07, 6.45) is 12.1. The van der Waals surface area contributed by atoms with Crippen molar-refractivity contribution < 1.29 is 53.4 Å². The first-order valence-corrected chi connectivity index (χ1v) is 22.7. The van der Waals surface area contributed by atoms with E-state index in [4.69, 9.17) is 18.9 Å². The van der Waals surface area contributed by atoms with Crippen molar-refractivity contribution in [3.05, 3.63) is 17.7 Å². The number of anilines is 1. The number of aromatic hydroxyl groups is 1. The zero-order valence-electron chi connectivity index (χ0n) is 37.3. The SMILES string of the molecule is CCCCCC[C@](C)(O)[C@H]1CC[C@H]2[C@@H]3C[C@H](OC(=O)[C@@H](C)CC(=O)NCCOCCOCC(=O)Nc4ccc(OC)c(C(C)=O)c4O)[C@H]4C[C@@H](O)CC[C@]4(C)[C@H]3CC[C@@]21C. The maximum atomic E-state index is 13.7. The molecular weight excluding hydrogens is 769 g/mol. The average molecular weight is 843 g/mol. The minimum atomic E-state index is -0.695. The third kappa shape index (κ3) is 10.8. The Bertz CT molecular complexity index is 1650. The van der Waals surface area contributed by atoms with Gasteiger partial charge in [0.1, 0.15) is 24.0 Å².